The van der Waals surface area contributed by atoms with Gasteiger partial charge in [0.25, 0.3) is 0 Å². The first-order valence-corrected chi connectivity index (χ1v) is 8.27. The van der Waals surface area contributed by atoms with Crippen molar-refractivity contribution in [3.8, 4) is 6.07 Å². The van der Waals surface area contributed by atoms with E-state index in [2.05, 4.69) is 30.1 Å². The van der Waals surface area contributed by atoms with Crippen LogP contribution in [0.4, 0.5) is 5.69 Å². The van der Waals surface area contributed by atoms with E-state index < -0.39 is 0 Å². The Hall–Kier alpha value is -1.14. The molecule has 1 aliphatic rings. The lowest BCUT2D eigenvalue weighted by atomic mass is 9.89. The van der Waals surface area contributed by atoms with E-state index in [0.29, 0.717) is 0 Å². The van der Waals surface area contributed by atoms with Gasteiger partial charge in [-0.2, -0.15) is 5.26 Å². The van der Waals surface area contributed by atoms with E-state index in [-0.39, 0.29) is 0 Å². The standard InChI is InChI=1S/C16H22N2S/c1-18(12-13-7-4-3-5-8-13)15-9-6-10-16(19-2)14(15)11-17/h6,9-10,13H,3-5,7-8,12H2,1-2H3. The maximum absolute atomic E-state index is 9.40. The van der Waals surface area contributed by atoms with Crippen LogP contribution in [0.5, 0.6) is 0 Å². The minimum Gasteiger partial charge on any atom is -0.373 e. The zero-order valence-electron chi connectivity index (χ0n) is 11.9. The minimum atomic E-state index is 0.795. The highest BCUT2D eigenvalue weighted by molar-refractivity contribution is 7.98. The van der Waals surface area contributed by atoms with Crippen LogP contribution in [-0.4, -0.2) is 19.8 Å². The average molecular weight is 274 g/mol. The molecule has 2 rings (SSSR count). The number of nitrogens with zero attached hydrogens (tertiary/aromatic N) is 2. The van der Waals surface area contributed by atoms with Crippen LogP contribution in [0.3, 0.4) is 0 Å². The second kappa shape index (κ2) is 6.86. The fourth-order valence-corrected chi connectivity index (χ4v) is 3.54. The van der Waals surface area contributed by atoms with Crippen LogP contribution in [-0.2, 0) is 0 Å². The van der Waals surface area contributed by atoms with Crippen LogP contribution >= 0.6 is 11.8 Å². The van der Waals surface area contributed by atoms with Crippen molar-refractivity contribution in [1.29, 1.82) is 5.26 Å². The molecule has 1 fully saturated rings. The van der Waals surface area contributed by atoms with Crippen molar-refractivity contribution < 1.29 is 0 Å². The van der Waals surface area contributed by atoms with Gasteiger partial charge in [0, 0.05) is 18.5 Å². The molecule has 0 spiro atoms. The van der Waals surface area contributed by atoms with Gasteiger partial charge in [-0.3, -0.25) is 0 Å². The topological polar surface area (TPSA) is 27.0 Å². The minimum absolute atomic E-state index is 0.795. The highest BCUT2D eigenvalue weighted by atomic mass is 32.2. The molecular formula is C16H22N2S. The van der Waals surface area contributed by atoms with E-state index in [4.69, 9.17) is 0 Å². The lowest BCUT2D eigenvalue weighted by Gasteiger charge is -2.29. The molecule has 0 unspecified atom stereocenters. The van der Waals surface area contributed by atoms with E-state index in [9.17, 15) is 5.26 Å². The largest absolute Gasteiger partial charge is 0.373 e. The molecule has 0 bridgehead atoms. The van der Waals surface area contributed by atoms with Gasteiger partial charge in [-0.05, 0) is 37.1 Å². The zero-order chi connectivity index (χ0) is 13.7. The molecular weight excluding hydrogens is 252 g/mol. The monoisotopic (exact) mass is 274 g/mol. The van der Waals surface area contributed by atoms with Gasteiger partial charge < -0.3 is 4.90 Å². The molecule has 1 aliphatic carbocycles. The first-order chi connectivity index (χ1) is 9.26. The summed E-state index contributed by atoms with van der Waals surface area (Å²) in [7, 11) is 2.12. The van der Waals surface area contributed by atoms with Crippen molar-refractivity contribution in [2.45, 2.75) is 37.0 Å². The molecule has 102 valence electrons. The summed E-state index contributed by atoms with van der Waals surface area (Å²) in [6, 6.07) is 8.53. The Morgan fingerprint density at radius 3 is 2.68 bits per heavy atom. The van der Waals surface area contributed by atoms with Crippen molar-refractivity contribution in [2.24, 2.45) is 5.92 Å². The number of hydrogen-bond donors (Lipinski definition) is 0. The smallest absolute Gasteiger partial charge is 0.102 e. The fraction of sp³-hybridized carbons (Fsp3) is 0.562. The molecule has 19 heavy (non-hydrogen) atoms. The fourth-order valence-electron chi connectivity index (χ4n) is 2.98. The predicted molar refractivity (Wildman–Crippen MR) is 82.8 cm³/mol. The van der Waals surface area contributed by atoms with E-state index in [1.165, 1.54) is 32.1 Å². The van der Waals surface area contributed by atoms with Gasteiger partial charge in [-0.15, -0.1) is 11.8 Å². The number of thioether (sulfide) groups is 1. The van der Waals surface area contributed by atoms with Crippen LogP contribution in [0.15, 0.2) is 23.1 Å². The Bertz CT molecular complexity index is 458. The van der Waals surface area contributed by atoms with Gasteiger partial charge in [-0.25, -0.2) is 0 Å². The van der Waals surface area contributed by atoms with Gasteiger partial charge in [0.1, 0.15) is 6.07 Å². The number of anilines is 1. The number of benzene rings is 1. The van der Waals surface area contributed by atoms with Crippen LogP contribution < -0.4 is 4.90 Å². The van der Waals surface area contributed by atoms with Gasteiger partial charge in [-0.1, -0.05) is 25.3 Å². The van der Waals surface area contributed by atoms with Gasteiger partial charge in [0.2, 0.25) is 0 Å². The highest BCUT2D eigenvalue weighted by Crippen LogP contribution is 2.31. The predicted octanol–water partition coefficient (Wildman–Crippen LogP) is 4.30. The molecule has 0 atom stereocenters. The van der Waals surface area contributed by atoms with Crippen molar-refractivity contribution in [3.63, 3.8) is 0 Å². The van der Waals surface area contributed by atoms with Crippen LogP contribution in [0.2, 0.25) is 0 Å². The van der Waals surface area contributed by atoms with Crippen LogP contribution in [0, 0.1) is 17.2 Å². The molecule has 0 heterocycles. The summed E-state index contributed by atoms with van der Waals surface area (Å²) in [6.45, 7) is 1.08. The average Bonchev–Trinajstić information content (AvgIpc) is 2.47. The Morgan fingerprint density at radius 1 is 1.32 bits per heavy atom. The SMILES string of the molecule is CSc1cccc(N(C)CC2CCCCC2)c1C#N. The van der Waals surface area contributed by atoms with Crippen molar-refractivity contribution in [2.75, 3.05) is 24.7 Å². The molecule has 2 nitrogen and oxygen atoms in total. The molecule has 0 radical (unpaired) electrons. The molecule has 1 aromatic carbocycles. The van der Waals surface area contributed by atoms with E-state index in [1.54, 1.807) is 11.8 Å². The summed E-state index contributed by atoms with van der Waals surface area (Å²) in [6.07, 6.45) is 8.85. The molecule has 0 aliphatic heterocycles. The summed E-state index contributed by atoms with van der Waals surface area (Å²) in [4.78, 5) is 3.35. The quantitative estimate of drug-likeness (QED) is 0.766. The van der Waals surface area contributed by atoms with E-state index in [1.807, 2.05) is 12.3 Å². The Morgan fingerprint density at radius 2 is 2.05 bits per heavy atom. The van der Waals surface area contributed by atoms with E-state index in [0.717, 1.165) is 28.6 Å². The number of hydrogen-bond acceptors (Lipinski definition) is 3. The molecule has 0 saturated heterocycles. The van der Waals surface area contributed by atoms with Crippen LogP contribution in [0.1, 0.15) is 37.7 Å². The zero-order valence-corrected chi connectivity index (χ0v) is 12.7. The van der Waals surface area contributed by atoms with Crippen molar-refractivity contribution in [3.05, 3.63) is 23.8 Å². The van der Waals surface area contributed by atoms with Crippen molar-refractivity contribution in [1.82, 2.24) is 0 Å². The Labute approximate surface area is 120 Å². The lowest BCUT2D eigenvalue weighted by molar-refractivity contribution is 0.362. The summed E-state index contributed by atoms with van der Waals surface area (Å²) in [5, 5.41) is 9.40. The van der Waals surface area contributed by atoms with Gasteiger partial charge in [0.15, 0.2) is 0 Å². The third kappa shape index (κ3) is 3.45. The lowest BCUT2D eigenvalue weighted by Crippen LogP contribution is -2.27. The number of rotatable bonds is 4. The maximum atomic E-state index is 9.40. The first-order valence-electron chi connectivity index (χ1n) is 7.04. The van der Waals surface area contributed by atoms with Crippen LogP contribution in [0.25, 0.3) is 0 Å². The summed E-state index contributed by atoms with van der Waals surface area (Å²) >= 11 is 1.65. The maximum Gasteiger partial charge on any atom is 0.102 e. The summed E-state index contributed by atoms with van der Waals surface area (Å²) in [5.74, 6) is 0.795. The third-order valence-electron chi connectivity index (χ3n) is 4.00. The third-order valence-corrected chi connectivity index (χ3v) is 4.78. The second-order valence-corrected chi connectivity index (χ2v) is 6.20. The first kappa shape index (κ1) is 14.3. The Kier molecular flexibility index (Phi) is 5.15. The molecule has 1 aromatic rings. The number of nitriles is 1. The Balaban J connectivity index is 2.14. The molecule has 0 amide bonds. The second-order valence-electron chi connectivity index (χ2n) is 5.35. The normalized spacial score (nSPS) is 16.1. The molecule has 0 N–H and O–H groups in total. The molecule has 1 saturated carbocycles. The van der Waals surface area contributed by atoms with E-state index >= 15 is 0 Å². The molecule has 3 heteroatoms. The molecule has 0 aromatic heterocycles. The van der Waals surface area contributed by atoms with Gasteiger partial charge in [0.05, 0.1) is 11.3 Å². The summed E-state index contributed by atoms with van der Waals surface area (Å²) in [5.41, 5.74) is 1.91. The van der Waals surface area contributed by atoms with Gasteiger partial charge >= 0.3 is 0 Å². The summed E-state index contributed by atoms with van der Waals surface area (Å²) < 4.78 is 0. The van der Waals surface area contributed by atoms with Crippen molar-refractivity contribution >= 4 is 17.4 Å². The highest BCUT2D eigenvalue weighted by Gasteiger charge is 2.18.